The van der Waals surface area contributed by atoms with E-state index in [0.717, 1.165) is 65.5 Å². The average Bonchev–Trinajstić information content (AvgIpc) is 3.46. The van der Waals surface area contributed by atoms with E-state index in [1.165, 1.54) is 6.42 Å². The van der Waals surface area contributed by atoms with Crippen LogP contribution >= 0.6 is 0 Å². The van der Waals surface area contributed by atoms with Crippen LogP contribution in [0.15, 0.2) is 47.7 Å². The number of fused-ring (bicyclic) bond motifs is 2. The second kappa shape index (κ2) is 8.85. The third kappa shape index (κ3) is 3.76. The number of aromatic nitrogens is 5. The van der Waals surface area contributed by atoms with Crippen LogP contribution in [0.2, 0.25) is 0 Å². The number of methoxy groups -OCH3 is 1. The molecule has 176 valence electrons. The van der Waals surface area contributed by atoms with Gasteiger partial charge in [0.25, 0.3) is 0 Å². The van der Waals surface area contributed by atoms with Gasteiger partial charge in [-0.05, 0) is 56.7 Å². The van der Waals surface area contributed by atoms with Crippen molar-refractivity contribution in [2.45, 2.75) is 57.3 Å². The molecule has 1 aliphatic carbocycles. The Kier molecular flexibility index (Phi) is 5.55. The van der Waals surface area contributed by atoms with Crippen molar-refractivity contribution in [3.05, 3.63) is 53.3 Å². The van der Waals surface area contributed by atoms with Gasteiger partial charge >= 0.3 is 5.69 Å². The Balaban J connectivity index is 1.45. The highest BCUT2D eigenvalue weighted by molar-refractivity contribution is 5.85. The van der Waals surface area contributed by atoms with Crippen LogP contribution in [0.25, 0.3) is 39.0 Å². The SMILES string of the molecule is CO[C@@H]1CC[C@H](Cn2c(=O)n(C3=CCCCC3)c3ncc(-c4cnc5[nH]ccc5c4)cc32)OC1. The van der Waals surface area contributed by atoms with Gasteiger partial charge in [0.15, 0.2) is 5.65 Å². The Labute approximate surface area is 197 Å². The summed E-state index contributed by atoms with van der Waals surface area (Å²) < 4.78 is 15.1. The number of imidazole rings is 1. The predicted molar refractivity (Wildman–Crippen MR) is 132 cm³/mol. The van der Waals surface area contributed by atoms with Crippen LogP contribution in [0.5, 0.6) is 0 Å². The summed E-state index contributed by atoms with van der Waals surface area (Å²) in [5, 5.41) is 1.04. The number of pyridine rings is 2. The van der Waals surface area contributed by atoms with Gasteiger partial charge in [-0.1, -0.05) is 6.08 Å². The molecule has 0 saturated carbocycles. The number of hydrogen-bond donors (Lipinski definition) is 1. The van der Waals surface area contributed by atoms with Crippen LogP contribution in [-0.2, 0) is 16.0 Å². The summed E-state index contributed by atoms with van der Waals surface area (Å²) >= 11 is 0. The molecule has 1 fully saturated rings. The van der Waals surface area contributed by atoms with Crippen LogP contribution < -0.4 is 5.69 Å². The minimum Gasteiger partial charge on any atom is -0.379 e. The Morgan fingerprint density at radius 3 is 2.85 bits per heavy atom. The molecule has 0 aromatic carbocycles. The van der Waals surface area contributed by atoms with Crippen molar-refractivity contribution in [1.82, 2.24) is 24.1 Å². The Bertz CT molecular complexity index is 1420. The molecule has 6 rings (SSSR count). The van der Waals surface area contributed by atoms with Gasteiger partial charge in [-0.3, -0.25) is 4.57 Å². The number of aromatic amines is 1. The standard InChI is InChI=1S/C26H29N5O3/c1-33-22-8-7-21(34-16-22)15-30-23-12-19(18-11-17-9-10-27-24(17)28-13-18)14-29-25(23)31(26(30)32)20-5-3-2-4-6-20/h5,9-14,21-22H,2-4,6-8,15-16H2,1H3,(H,27,28)/t21-,22-/m1/s1. The average molecular weight is 460 g/mol. The number of nitrogens with zero attached hydrogens (tertiary/aromatic N) is 4. The van der Waals surface area contributed by atoms with Crippen LogP contribution in [0.1, 0.15) is 38.5 Å². The van der Waals surface area contributed by atoms with Crippen molar-refractivity contribution in [1.29, 1.82) is 0 Å². The topological polar surface area (TPSA) is 87.0 Å². The van der Waals surface area contributed by atoms with Crippen molar-refractivity contribution in [2.75, 3.05) is 13.7 Å². The Morgan fingerprint density at radius 2 is 2.06 bits per heavy atom. The first-order valence-electron chi connectivity index (χ1n) is 12.1. The first-order chi connectivity index (χ1) is 16.7. The third-order valence-corrected chi connectivity index (χ3v) is 7.11. The second-order valence-corrected chi connectivity index (χ2v) is 9.27. The first-order valence-corrected chi connectivity index (χ1v) is 12.1. The molecule has 1 aliphatic heterocycles. The minimum atomic E-state index is -0.0375. The van der Waals surface area contributed by atoms with Gasteiger partial charge in [-0.15, -0.1) is 0 Å². The van der Waals surface area contributed by atoms with Crippen molar-refractivity contribution in [3.63, 3.8) is 0 Å². The van der Waals surface area contributed by atoms with Crippen molar-refractivity contribution in [2.24, 2.45) is 0 Å². The molecule has 2 aliphatic rings. The summed E-state index contributed by atoms with van der Waals surface area (Å²) in [6.45, 7) is 1.07. The molecule has 0 radical (unpaired) electrons. The highest BCUT2D eigenvalue weighted by Gasteiger charge is 2.25. The first kappa shape index (κ1) is 21.3. The van der Waals surface area contributed by atoms with E-state index in [0.29, 0.717) is 18.8 Å². The van der Waals surface area contributed by atoms with E-state index in [-0.39, 0.29) is 17.9 Å². The fourth-order valence-electron chi connectivity index (χ4n) is 5.16. The van der Waals surface area contributed by atoms with E-state index >= 15 is 0 Å². The number of allylic oxidation sites excluding steroid dienone is 2. The van der Waals surface area contributed by atoms with E-state index in [1.54, 1.807) is 7.11 Å². The number of hydrogen-bond acceptors (Lipinski definition) is 5. The van der Waals surface area contributed by atoms with Crippen molar-refractivity contribution in [3.8, 4) is 11.1 Å². The summed E-state index contributed by atoms with van der Waals surface area (Å²) in [4.78, 5) is 26.2. The summed E-state index contributed by atoms with van der Waals surface area (Å²) in [5.74, 6) is 0. The molecule has 8 nitrogen and oxygen atoms in total. The van der Waals surface area contributed by atoms with Crippen LogP contribution in [-0.4, -0.2) is 50.0 Å². The molecular weight excluding hydrogens is 430 g/mol. The molecule has 0 unspecified atom stereocenters. The fourth-order valence-corrected chi connectivity index (χ4v) is 5.16. The summed E-state index contributed by atoms with van der Waals surface area (Å²) in [6, 6.07) is 6.17. The minimum absolute atomic E-state index is 0.0231. The fraction of sp³-hybridized carbons (Fsp3) is 0.423. The molecule has 0 spiro atoms. The summed E-state index contributed by atoms with van der Waals surface area (Å²) in [5.41, 5.74) is 5.33. The highest BCUT2D eigenvalue weighted by atomic mass is 16.5. The highest BCUT2D eigenvalue weighted by Crippen LogP contribution is 2.28. The predicted octanol–water partition coefficient (Wildman–Crippen LogP) is 4.35. The molecule has 34 heavy (non-hydrogen) atoms. The third-order valence-electron chi connectivity index (χ3n) is 7.11. The molecule has 4 aromatic heterocycles. The van der Waals surface area contributed by atoms with E-state index in [1.807, 2.05) is 33.8 Å². The van der Waals surface area contributed by atoms with Crippen LogP contribution in [0, 0.1) is 0 Å². The van der Waals surface area contributed by atoms with Gasteiger partial charge in [0.2, 0.25) is 0 Å². The number of ether oxygens (including phenoxy) is 2. The maximum atomic E-state index is 13.7. The number of H-pyrrole nitrogens is 1. The Morgan fingerprint density at radius 1 is 1.18 bits per heavy atom. The lowest BCUT2D eigenvalue weighted by Gasteiger charge is -2.28. The lowest BCUT2D eigenvalue weighted by atomic mass is 10.0. The van der Waals surface area contributed by atoms with Crippen molar-refractivity contribution < 1.29 is 9.47 Å². The summed E-state index contributed by atoms with van der Waals surface area (Å²) in [7, 11) is 1.72. The monoisotopic (exact) mass is 459 g/mol. The van der Waals surface area contributed by atoms with Gasteiger partial charge in [0.1, 0.15) is 5.65 Å². The number of nitrogens with one attached hydrogen (secondary N) is 1. The zero-order chi connectivity index (χ0) is 23.1. The lowest BCUT2D eigenvalue weighted by Crippen LogP contribution is -2.36. The largest absolute Gasteiger partial charge is 0.379 e. The van der Waals surface area contributed by atoms with E-state index in [4.69, 9.17) is 14.5 Å². The van der Waals surface area contributed by atoms with E-state index in [2.05, 4.69) is 28.2 Å². The zero-order valence-corrected chi connectivity index (χ0v) is 19.4. The van der Waals surface area contributed by atoms with Crippen LogP contribution in [0.3, 0.4) is 0 Å². The van der Waals surface area contributed by atoms with E-state index in [9.17, 15) is 4.79 Å². The second-order valence-electron chi connectivity index (χ2n) is 9.27. The van der Waals surface area contributed by atoms with Crippen molar-refractivity contribution >= 4 is 27.9 Å². The molecule has 5 heterocycles. The maximum absolute atomic E-state index is 13.7. The molecule has 1 N–H and O–H groups in total. The molecule has 1 saturated heterocycles. The maximum Gasteiger partial charge on any atom is 0.334 e. The Hall–Kier alpha value is -3.23. The molecule has 0 amide bonds. The van der Waals surface area contributed by atoms with Gasteiger partial charge in [0.05, 0.1) is 30.9 Å². The molecule has 2 atom stereocenters. The van der Waals surface area contributed by atoms with Gasteiger partial charge < -0.3 is 14.5 Å². The molecule has 4 aromatic rings. The van der Waals surface area contributed by atoms with Gasteiger partial charge in [-0.25, -0.2) is 19.3 Å². The summed E-state index contributed by atoms with van der Waals surface area (Å²) in [6.07, 6.45) is 13.8. The normalized spacial score (nSPS) is 21.3. The zero-order valence-electron chi connectivity index (χ0n) is 19.4. The number of rotatable bonds is 5. The molecule has 0 bridgehead atoms. The van der Waals surface area contributed by atoms with Gasteiger partial charge in [0, 0.05) is 47.9 Å². The van der Waals surface area contributed by atoms with Gasteiger partial charge in [-0.2, -0.15) is 0 Å². The quantitative estimate of drug-likeness (QED) is 0.479. The molecular formula is C26H29N5O3. The lowest BCUT2D eigenvalue weighted by molar-refractivity contribution is -0.0757. The molecule has 8 heteroatoms. The van der Waals surface area contributed by atoms with E-state index < -0.39 is 0 Å². The van der Waals surface area contributed by atoms with Crippen LogP contribution in [0.4, 0.5) is 0 Å². The smallest absolute Gasteiger partial charge is 0.334 e.